The molecule has 1 fully saturated rings. The Bertz CT molecular complexity index is 586. The predicted octanol–water partition coefficient (Wildman–Crippen LogP) is 2.78. The van der Waals surface area contributed by atoms with Crippen LogP contribution >= 0.6 is 24.0 Å². The molecule has 1 aromatic rings. The van der Waals surface area contributed by atoms with Gasteiger partial charge >= 0.3 is 5.69 Å². The maximum atomic E-state index is 12.3. The summed E-state index contributed by atoms with van der Waals surface area (Å²) in [7, 11) is 0. The van der Waals surface area contributed by atoms with E-state index in [1.165, 1.54) is 18.2 Å². The number of nitrogens with zero attached hydrogens (tertiary/aromatic N) is 2. The van der Waals surface area contributed by atoms with Crippen LogP contribution in [-0.4, -0.2) is 41.5 Å². The molecule has 0 spiro atoms. The molecule has 0 saturated carbocycles. The first-order valence-corrected chi connectivity index (χ1v) is 7.97. The van der Waals surface area contributed by atoms with Crippen LogP contribution in [0.15, 0.2) is 18.2 Å². The van der Waals surface area contributed by atoms with Crippen LogP contribution in [0.2, 0.25) is 5.02 Å². The van der Waals surface area contributed by atoms with Gasteiger partial charge in [-0.25, -0.2) is 0 Å². The molecule has 9 heteroatoms. The fourth-order valence-electron chi connectivity index (χ4n) is 2.72. The van der Waals surface area contributed by atoms with E-state index in [1.54, 1.807) is 4.90 Å². The Kier molecular flexibility index (Phi) is 8.24. The Morgan fingerprint density at radius 1 is 1.46 bits per heavy atom. The summed E-state index contributed by atoms with van der Waals surface area (Å²) in [6.45, 7) is 1.24. The summed E-state index contributed by atoms with van der Waals surface area (Å²) in [5.74, 6) is 0.0815. The third kappa shape index (κ3) is 5.22. The molecular formula is C15H21Cl2N3O4. The second-order valence-electron chi connectivity index (χ2n) is 5.44. The van der Waals surface area contributed by atoms with Gasteiger partial charge in [-0.1, -0.05) is 11.6 Å². The van der Waals surface area contributed by atoms with Crippen molar-refractivity contribution in [3.05, 3.63) is 33.3 Å². The van der Waals surface area contributed by atoms with Crippen LogP contribution in [0.1, 0.15) is 25.7 Å². The molecule has 0 aromatic heterocycles. The first-order chi connectivity index (χ1) is 11.0. The minimum atomic E-state index is -0.557. The van der Waals surface area contributed by atoms with Gasteiger partial charge in [0.15, 0.2) is 5.75 Å². The lowest BCUT2D eigenvalue weighted by Crippen LogP contribution is -2.47. The molecule has 1 aliphatic rings. The van der Waals surface area contributed by atoms with Crippen LogP contribution in [0.25, 0.3) is 0 Å². The molecule has 24 heavy (non-hydrogen) atoms. The van der Waals surface area contributed by atoms with Crippen LogP contribution in [-0.2, 0) is 4.79 Å². The number of ether oxygens (including phenoxy) is 1. The highest BCUT2D eigenvalue weighted by atomic mass is 35.5. The summed E-state index contributed by atoms with van der Waals surface area (Å²) in [4.78, 5) is 24.5. The second-order valence-corrected chi connectivity index (χ2v) is 5.88. The highest BCUT2D eigenvalue weighted by Crippen LogP contribution is 2.30. The molecule has 1 aromatic carbocycles. The fourth-order valence-corrected chi connectivity index (χ4v) is 2.89. The van der Waals surface area contributed by atoms with Gasteiger partial charge in [0.25, 0.3) is 0 Å². The van der Waals surface area contributed by atoms with Crippen LogP contribution in [0.4, 0.5) is 5.69 Å². The highest BCUT2D eigenvalue weighted by molar-refractivity contribution is 6.30. The number of piperidine rings is 1. The van der Waals surface area contributed by atoms with Crippen molar-refractivity contribution in [1.29, 1.82) is 0 Å². The Morgan fingerprint density at radius 3 is 2.88 bits per heavy atom. The van der Waals surface area contributed by atoms with Crippen LogP contribution in [0.5, 0.6) is 5.75 Å². The van der Waals surface area contributed by atoms with E-state index in [0.717, 1.165) is 19.3 Å². The SMILES string of the molecule is Cl.NCC1CCCCN1C(=O)CCOc1ccc(Cl)cc1[N+](=O)[O-]. The Labute approximate surface area is 151 Å². The van der Waals surface area contributed by atoms with Crippen molar-refractivity contribution in [2.45, 2.75) is 31.7 Å². The molecule has 1 aliphatic heterocycles. The number of nitrogens with two attached hydrogens (primary N) is 1. The highest BCUT2D eigenvalue weighted by Gasteiger charge is 2.25. The van der Waals surface area contributed by atoms with Crippen molar-refractivity contribution >= 4 is 35.6 Å². The summed E-state index contributed by atoms with van der Waals surface area (Å²) >= 11 is 5.75. The normalized spacial score (nSPS) is 17.1. The number of nitro groups is 1. The summed E-state index contributed by atoms with van der Waals surface area (Å²) in [5.41, 5.74) is 5.50. The van der Waals surface area contributed by atoms with E-state index in [-0.39, 0.29) is 53.8 Å². The average molecular weight is 378 g/mol. The third-order valence-electron chi connectivity index (χ3n) is 3.91. The Balaban J connectivity index is 0.00000288. The lowest BCUT2D eigenvalue weighted by molar-refractivity contribution is -0.385. The number of rotatable bonds is 6. The zero-order valence-corrected chi connectivity index (χ0v) is 14.7. The molecular weight excluding hydrogens is 357 g/mol. The van der Waals surface area contributed by atoms with Crippen molar-refractivity contribution in [1.82, 2.24) is 4.90 Å². The molecule has 0 radical (unpaired) electrons. The van der Waals surface area contributed by atoms with Gasteiger partial charge < -0.3 is 15.4 Å². The number of nitro benzene ring substituents is 1. The molecule has 1 atom stereocenters. The van der Waals surface area contributed by atoms with Gasteiger partial charge in [-0.3, -0.25) is 14.9 Å². The standard InChI is InChI=1S/C15H20ClN3O4.ClH/c16-11-4-5-14(13(9-11)19(21)22)23-8-6-15(20)18-7-2-1-3-12(18)10-17;/h4-5,9,12H,1-3,6-8,10,17H2;1H. The number of amides is 1. The van der Waals surface area contributed by atoms with Gasteiger partial charge in [0, 0.05) is 30.2 Å². The number of benzene rings is 1. The van der Waals surface area contributed by atoms with Crippen molar-refractivity contribution in [2.24, 2.45) is 5.73 Å². The molecule has 1 saturated heterocycles. The van der Waals surface area contributed by atoms with Crippen LogP contribution < -0.4 is 10.5 Å². The molecule has 2 rings (SSSR count). The molecule has 2 N–H and O–H groups in total. The van der Waals surface area contributed by atoms with Crippen LogP contribution in [0, 0.1) is 10.1 Å². The second kappa shape index (κ2) is 9.66. The van der Waals surface area contributed by atoms with E-state index >= 15 is 0 Å². The predicted molar refractivity (Wildman–Crippen MR) is 93.9 cm³/mol. The molecule has 1 unspecified atom stereocenters. The van der Waals surface area contributed by atoms with Gasteiger partial charge in [-0.05, 0) is 31.4 Å². The minimum Gasteiger partial charge on any atom is -0.486 e. The molecule has 0 aliphatic carbocycles. The molecule has 7 nitrogen and oxygen atoms in total. The van der Waals surface area contributed by atoms with Gasteiger partial charge in [-0.2, -0.15) is 0 Å². The zero-order valence-electron chi connectivity index (χ0n) is 13.2. The van der Waals surface area contributed by atoms with Gasteiger partial charge in [0.2, 0.25) is 5.91 Å². The molecule has 1 amide bonds. The largest absolute Gasteiger partial charge is 0.486 e. The van der Waals surface area contributed by atoms with E-state index < -0.39 is 4.92 Å². The van der Waals surface area contributed by atoms with Crippen molar-refractivity contribution < 1.29 is 14.5 Å². The number of hydrogen-bond acceptors (Lipinski definition) is 5. The number of carbonyl (C=O) groups excluding carboxylic acids is 1. The van der Waals surface area contributed by atoms with E-state index in [0.29, 0.717) is 13.1 Å². The summed E-state index contributed by atoms with van der Waals surface area (Å²) < 4.78 is 5.40. The zero-order chi connectivity index (χ0) is 16.8. The maximum Gasteiger partial charge on any atom is 0.312 e. The molecule has 134 valence electrons. The van der Waals surface area contributed by atoms with E-state index in [1.807, 2.05) is 0 Å². The van der Waals surface area contributed by atoms with Crippen molar-refractivity contribution in [3.8, 4) is 5.75 Å². The topological polar surface area (TPSA) is 98.7 Å². The minimum absolute atomic E-state index is 0. The fraction of sp³-hybridized carbons (Fsp3) is 0.533. The maximum absolute atomic E-state index is 12.3. The van der Waals surface area contributed by atoms with E-state index in [9.17, 15) is 14.9 Å². The van der Waals surface area contributed by atoms with E-state index in [2.05, 4.69) is 0 Å². The first-order valence-electron chi connectivity index (χ1n) is 7.59. The monoisotopic (exact) mass is 377 g/mol. The quantitative estimate of drug-likeness (QED) is 0.606. The number of likely N-dealkylation sites (tertiary alicyclic amines) is 1. The number of carbonyl (C=O) groups is 1. The molecule has 0 bridgehead atoms. The summed E-state index contributed by atoms with van der Waals surface area (Å²) in [5, 5.41) is 11.2. The Morgan fingerprint density at radius 2 is 2.21 bits per heavy atom. The smallest absolute Gasteiger partial charge is 0.312 e. The van der Waals surface area contributed by atoms with Gasteiger partial charge in [0.1, 0.15) is 0 Å². The summed E-state index contributed by atoms with van der Waals surface area (Å²) in [6.07, 6.45) is 3.15. The van der Waals surface area contributed by atoms with Crippen LogP contribution in [0.3, 0.4) is 0 Å². The lowest BCUT2D eigenvalue weighted by Gasteiger charge is -2.35. The van der Waals surface area contributed by atoms with Gasteiger partial charge in [-0.15, -0.1) is 12.4 Å². The molecule has 1 heterocycles. The third-order valence-corrected chi connectivity index (χ3v) is 4.15. The Hall–Kier alpha value is -1.57. The number of halogens is 2. The van der Waals surface area contributed by atoms with E-state index in [4.69, 9.17) is 22.1 Å². The average Bonchev–Trinajstić information content (AvgIpc) is 2.55. The van der Waals surface area contributed by atoms with Crippen molar-refractivity contribution in [3.63, 3.8) is 0 Å². The number of hydrogen-bond donors (Lipinski definition) is 1. The lowest BCUT2D eigenvalue weighted by atomic mass is 10.0. The van der Waals surface area contributed by atoms with Crippen molar-refractivity contribution in [2.75, 3.05) is 19.7 Å². The summed E-state index contributed by atoms with van der Waals surface area (Å²) in [6, 6.07) is 4.27. The first kappa shape index (κ1) is 20.5. The van der Waals surface area contributed by atoms with Gasteiger partial charge in [0.05, 0.1) is 18.0 Å².